The molecule has 75 valence electrons. The first kappa shape index (κ1) is 10.6. The van der Waals surface area contributed by atoms with Crippen LogP contribution in [0.15, 0.2) is 24.3 Å². The molecule has 1 aliphatic rings. The van der Waals surface area contributed by atoms with E-state index in [1.54, 1.807) is 18.6 Å². The fourth-order valence-electron chi connectivity index (χ4n) is 1.29. The third-order valence-electron chi connectivity index (χ3n) is 2.08. The molecular weight excluding hydrogens is 242 g/mol. The SMILES string of the molecule is FC1SCC1(Cl)[CH]c1cccc(Cl)c1. The van der Waals surface area contributed by atoms with Gasteiger partial charge in [-0.3, -0.25) is 0 Å². The Balaban J connectivity index is 2.11. The highest BCUT2D eigenvalue weighted by molar-refractivity contribution is 8.01. The van der Waals surface area contributed by atoms with Crippen LogP contribution in [0.2, 0.25) is 5.02 Å². The zero-order valence-corrected chi connectivity index (χ0v) is 9.54. The average Bonchev–Trinajstić information content (AvgIpc) is 2.15. The Labute approximate surface area is 96.8 Å². The van der Waals surface area contributed by atoms with E-state index >= 15 is 0 Å². The Hall–Kier alpha value is 0.0800. The molecule has 0 saturated carbocycles. The Morgan fingerprint density at radius 1 is 1.57 bits per heavy atom. The molecule has 1 fully saturated rings. The molecule has 4 heteroatoms. The molecule has 0 nitrogen and oxygen atoms in total. The van der Waals surface area contributed by atoms with Gasteiger partial charge in [0.1, 0.15) is 4.87 Å². The van der Waals surface area contributed by atoms with Gasteiger partial charge in [0.15, 0.2) is 5.50 Å². The van der Waals surface area contributed by atoms with E-state index in [0.29, 0.717) is 10.8 Å². The zero-order valence-electron chi connectivity index (χ0n) is 7.21. The van der Waals surface area contributed by atoms with Gasteiger partial charge < -0.3 is 0 Å². The number of thioether (sulfide) groups is 1. The molecule has 1 aliphatic heterocycles. The van der Waals surface area contributed by atoms with Crippen LogP contribution in [-0.2, 0) is 0 Å². The van der Waals surface area contributed by atoms with Gasteiger partial charge in [0.05, 0.1) is 0 Å². The van der Waals surface area contributed by atoms with Crippen LogP contribution in [0.25, 0.3) is 0 Å². The van der Waals surface area contributed by atoms with Gasteiger partial charge in [0.2, 0.25) is 0 Å². The maximum absolute atomic E-state index is 13.1. The van der Waals surface area contributed by atoms with E-state index in [2.05, 4.69) is 0 Å². The normalized spacial score (nSPS) is 31.2. The van der Waals surface area contributed by atoms with Crippen molar-refractivity contribution in [3.8, 4) is 0 Å². The van der Waals surface area contributed by atoms with Gasteiger partial charge in [0.25, 0.3) is 0 Å². The second-order valence-corrected chi connectivity index (χ2v) is 5.43. The summed E-state index contributed by atoms with van der Waals surface area (Å²) in [5, 5.41) is 0.640. The molecular formula is C10H8Cl2FS. The monoisotopic (exact) mass is 249 g/mol. The summed E-state index contributed by atoms with van der Waals surface area (Å²) in [6.07, 6.45) is 1.74. The van der Waals surface area contributed by atoms with Crippen molar-refractivity contribution in [3.05, 3.63) is 41.3 Å². The third-order valence-corrected chi connectivity index (χ3v) is 4.40. The van der Waals surface area contributed by atoms with Gasteiger partial charge in [-0.05, 0) is 17.7 Å². The van der Waals surface area contributed by atoms with Gasteiger partial charge >= 0.3 is 0 Å². The summed E-state index contributed by atoms with van der Waals surface area (Å²) in [5.74, 6) is 0.613. The summed E-state index contributed by atoms with van der Waals surface area (Å²) in [6.45, 7) is 0. The largest absolute Gasteiger partial charge is 0.234 e. The van der Waals surface area contributed by atoms with E-state index in [1.807, 2.05) is 12.1 Å². The Morgan fingerprint density at radius 3 is 2.86 bits per heavy atom. The minimum Gasteiger partial charge on any atom is -0.234 e. The smallest absolute Gasteiger partial charge is 0.166 e. The predicted molar refractivity (Wildman–Crippen MR) is 60.8 cm³/mol. The minimum absolute atomic E-state index is 0.613. The van der Waals surface area contributed by atoms with Crippen molar-refractivity contribution in [2.24, 2.45) is 0 Å². The Kier molecular flexibility index (Phi) is 2.96. The van der Waals surface area contributed by atoms with Crippen LogP contribution in [0, 0.1) is 6.42 Å². The molecule has 1 heterocycles. The topological polar surface area (TPSA) is 0 Å². The minimum atomic E-state index is -1.01. The van der Waals surface area contributed by atoms with Gasteiger partial charge in [-0.15, -0.1) is 23.4 Å². The summed E-state index contributed by atoms with van der Waals surface area (Å²) in [7, 11) is 0. The first-order valence-corrected chi connectivity index (χ1v) is 5.97. The zero-order chi connectivity index (χ0) is 10.2. The highest BCUT2D eigenvalue weighted by atomic mass is 35.5. The first-order chi connectivity index (χ1) is 6.60. The molecule has 1 saturated heterocycles. The molecule has 2 rings (SSSR count). The lowest BCUT2D eigenvalue weighted by molar-refractivity contribution is 0.374. The lowest BCUT2D eigenvalue weighted by Gasteiger charge is -2.38. The summed E-state index contributed by atoms with van der Waals surface area (Å²) in [4.78, 5) is -0.838. The van der Waals surface area contributed by atoms with E-state index in [1.165, 1.54) is 11.8 Å². The summed E-state index contributed by atoms with van der Waals surface area (Å²) in [6, 6.07) is 7.25. The number of benzene rings is 1. The molecule has 1 radical (unpaired) electrons. The van der Waals surface area contributed by atoms with Crippen molar-refractivity contribution >= 4 is 35.0 Å². The van der Waals surface area contributed by atoms with E-state index < -0.39 is 10.4 Å². The van der Waals surface area contributed by atoms with Crippen LogP contribution in [0.1, 0.15) is 5.56 Å². The van der Waals surface area contributed by atoms with E-state index in [-0.39, 0.29) is 0 Å². The third kappa shape index (κ3) is 2.02. The summed E-state index contributed by atoms with van der Waals surface area (Å²) in [5.41, 5.74) is -0.140. The van der Waals surface area contributed by atoms with Crippen LogP contribution in [0.4, 0.5) is 4.39 Å². The second kappa shape index (κ2) is 3.92. The number of hydrogen-bond donors (Lipinski definition) is 0. The summed E-state index contributed by atoms with van der Waals surface area (Å²) < 4.78 is 13.1. The molecule has 1 aromatic rings. The quantitative estimate of drug-likeness (QED) is 0.717. The van der Waals surface area contributed by atoms with E-state index in [4.69, 9.17) is 23.2 Å². The van der Waals surface area contributed by atoms with Crippen molar-refractivity contribution in [2.45, 2.75) is 10.4 Å². The predicted octanol–water partition coefficient (Wildman–Crippen LogP) is 3.91. The molecule has 2 unspecified atom stereocenters. The molecule has 1 aromatic carbocycles. The molecule has 0 aromatic heterocycles. The van der Waals surface area contributed by atoms with Crippen LogP contribution >= 0.6 is 35.0 Å². The maximum atomic E-state index is 13.1. The van der Waals surface area contributed by atoms with Gasteiger partial charge in [0, 0.05) is 17.2 Å². The first-order valence-electron chi connectivity index (χ1n) is 4.16. The standard InChI is InChI=1S/C10H8Cl2FS/c11-8-3-1-2-7(4-8)5-10(12)6-14-9(10)13/h1-5,9H,6H2. The fourth-order valence-corrected chi connectivity index (χ4v) is 2.75. The lowest BCUT2D eigenvalue weighted by atomic mass is 10.0. The highest BCUT2D eigenvalue weighted by Gasteiger charge is 2.47. The van der Waals surface area contributed by atoms with E-state index in [9.17, 15) is 4.39 Å². The van der Waals surface area contributed by atoms with Crippen molar-refractivity contribution in [2.75, 3.05) is 5.75 Å². The molecule has 0 amide bonds. The van der Waals surface area contributed by atoms with Crippen LogP contribution in [0.5, 0.6) is 0 Å². The molecule has 0 aliphatic carbocycles. The average molecular weight is 250 g/mol. The van der Waals surface area contributed by atoms with E-state index in [0.717, 1.165) is 5.56 Å². The molecule has 14 heavy (non-hydrogen) atoms. The number of rotatable bonds is 2. The van der Waals surface area contributed by atoms with Gasteiger partial charge in [-0.2, -0.15) is 0 Å². The maximum Gasteiger partial charge on any atom is 0.166 e. The second-order valence-electron chi connectivity index (χ2n) is 3.25. The Bertz CT molecular complexity index is 345. The molecule has 0 spiro atoms. The van der Waals surface area contributed by atoms with Crippen molar-refractivity contribution < 1.29 is 4.39 Å². The lowest BCUT2D eigenvalue weighted by Crippen LogP contribution is -2.44. The van der Waals surface area contributed by atoms with Crippen molar-refractivity contribution in [1.82, 2.24) is 0 Å². The van der Waals surface area contributed by atoms with Crippen LogP contribution in [0.3, 0.4) is 0 Å². The van der Waals surface area contributed by atoms with Crippen LogP contribution < -0.4 is 0 Å². The van der Waals surface area contributed by atoms with Gasteiger partial charge in [-0.1, -0.05) is 23.7 Å². The van der Waals surface area contributed by atoms with Crippen molar-refractivity contribution in [1.29, 1.82) is 0 Å². The number of alkyl halides is 2. The van der Waals surface area contributed by atoms with Crippen LogP contribution in [-0.4, -0.2) is 16.1 Å². The number of halogens is 3. The molecule has 0 bridgehead atoms. The van der Waals surface area contributed by atoms with Gasteiger partial charge in [-0.25, -0.2) is 4.39 Å². The summed E-state index contributed by atoms with van der Waals surface area (Å²) >= 11 is 13.1. The molecule has 0 N–H and O–H groups in total. The molecule has 2 atom stereocenters. The van der Waals surface area contributed by atoms with Crippen molar-refractivity contribution in [3.63, 3.8) is 0 Å². The highest BCUT2D eigenvalue weighted by Crippen LogP contribution is 2.47. The Morgan fingerprint density at radius 2 is 2.36 bits per heavy atom. The fraction of sp³-hybridized carbons (Fsp3) is 0.300. The number of hydrogen-bond acceptors (Lipinski definition) is 1.